The fraction of sp³-hybridized carbons (Fsp3) is 0.278. The number of nitrogens with one attached hydrogen (secondary N) is 2. The van der Waals surface area contributed by atoms with Gasteiger partial charge in [-0.25, -0.2) is 9.18 Å². The molecule has 144 valence electrons. The van der Waals surface area contributed by atoms with Gasteiger partial charge in [0, 0.05) is 18.7 Å². The molecule has 9 heteroatoms. The number of halogens is 1. The zero-order valence-electron chi connectivity index (χ0n) is 14.3. The second-order valence-electron chi connectivity index (χ2n) is 5.86. The van der Waals surface area contributed by atoms with Crippen molar-refractivity contribution in [1.29, 1.82) is 0 Å². The molecule has 2 amide bonds. The number of rotatable bonds is 8. The quantitative estimate of drug-likeness (QED) is 0.411. The summed E-state index contributed by atoms with van der Waals surface area (Å²) in [5, 5.41) is 35.4. The monoisotopic (exact) mass is 377 g/mol. The summed E-state index contributed by atoms with van der Waals surface area (Å²) in [7, 11) is 0. The number of nitro benzene ring substituents is 1. The summed E-state index contributed by atoms with van der Waals surface area (Å²) in [5.41, 5.74) is 1.05. The van der Waals surface area contributed by atoms with Crippen LogP contribution in [-0.2, 0) is 6.42 Å². The van der Waals surface area contributed by atoms with E-state index < -0.39 is 29.7 Å². The molecule has 2 atom stereocenters. The number of amides is 2. The highest BCUT2D eigenvalue weighted by Gasteiger charge is 2.22. The van der Waals surface area contributed by atoms with Gasteiger partial charge in [-0.15, -0.1) is 0 Å². The van der Waals surface area contributed by atoms with Crippen molar-refractivity contribution in [3.05, 3.63) is 75.6 Å². The molecule has 0 spiro atoms. The summed E-state index contributed by atoms with van der Waals surface area (Å²) >= 11 is 0. The molecule has 2 aromatic rings. The number of non-ortho nitro benzene ring substituents is 1. The highest BCUT2D eigenvalue weighted by molar-refractivity contribution is 5.74. The second-order valence-corrected chi connectivity index (χ2v) is 5.86. The molecular formula is C18H20FN3O5. The predicted octanol–water partition coefficient (Wildman–Crippen LogP) is 1.67. The van der Waals surface area contributed by atoms with E-state index in [2.05, 4.69) is 10.6 Å². The van der Waals surface area contributed by atoms with Gasteiger partial charge in [-0.3, -0.25) is 10.1 Å². The molecule has 0 heterocycles. The van der Waals surface area contributed by atoms with Crippen LogP contribution < -0.4 is 10.6 Å². The van der Waals surface area contributed by atoms with E-state index in [1.54, 1.807) is 12.1 Å². The van der Waals surface area contributed by atoms with E-state index in [4.69, 9.17) is 0 Å². The van der Waals surface area contributed by atoms with Crippen molar-refractivity contribution in [1.82, 2.24) is 10.6 Å². The molecule has 0 fully saturated rings. The first-order chi connectivity index (χ1) is 12.9. The maximum absolute atomic E-state index is 12.8. The van der Waals surface area contributed by atoms with Crippen LogP contribution in [0.1, 0.15) is 17.2 Å². The molecule has 0 saturated carbocycles. The molecule has 0 aliphatic heterocycles. The largest absolute Gasteiger partial charge is 0.394 e. The lowest BCUT2D eigenvalue weighted by Crippen LogP contribution is -2.47. The standard InChI is InChI=1S/C18H20FN3O5/c19-14-5-1-12(2-6-14)9-10-20-18(25)21-16(11-23)17(24)13-3-7-15(8-4-13)22(26)27/h1-8,16-17,23-24H,9-11H2,(H2,20,21,25)/t16-,17+/m1/s1. The Labute approximate surface area is 154 Å². The maximum atomic E-state index is 12.8. The average Bonchev–Trinajstić information content (AvgIpc) is 2.67. The van der Waals surface area contributed by atoms with E-state index in [1.165, 1.54) is 36.4 Å². The molecule has 0 unspecified atom stereocenters. The van der Waals surface area contributed by atoms with Gasteiger partial charge in [0.15, 0.2) is 0 Å². The number of hydrogen-bond donors (Lipinski definition) is 4. The third-order valence-electron chi connectivity index (χ3n) is 3.95. The SMILES string of the molecule is O=C(NCCc1ccc(F)cc1)N[C@H](CO)[C@@H](O)c1ccc([N+](=O)[O-])cc1. The Morgan fingerprint density at radius 1 is 1.15 bits per heavy atom. The summed E-state index contributed by atoms with van der Waals surface area (Å²) in [6.07, 6.45) is -0.749. The third-order valence-corrected chi connectivity index (χ3v) is 3.95. The molecule has 2 aromatic carbocycles. The van der Waals surface area contributed by atoms with Crippen molar-refractivity contribution in [3.63, 3.8) is 0 Å². The van der Waals surface area contributed by atoms with Crippen molar-refractivity contribution >= 4 is 11.7 Å². The van der Waals surface area contributed by atoms with Gasteiger partial charge in [-0.1, -0.05) is 12.1 Å². The molecule has 0 aliphatic carbocycles. The Balaban J connectivity index is 1.85. The number of carbonyl (C=O) groups is 1. The van der Waals surface area contributed by atoms with Crippen molar-refractivity contribution in [2.45, 2.75) is 18.6 Å². The Hall–Kier alpha value is -3.04. The predicted molar refractivity (Wildman–Crippen MR) is 95.6 cm³/mol. The Morgan fingerprint density at radius 3 is 2.33 bits per heavy atom. The smallest absolute Gasteiger partial charge is 0.315 e. The minimum Gasteiger partial charge on any atom is -0.394 e. The normalized spacial score (nSPS) is 12.9. The second kappa shape index (κ2) is 9.60. The van der Waals surface area contributed by atoms with E-state index in [1.807, 2.05) is 0 Å². The Morgan fingerprint density at radius 2 is 1.78 bits per heavy atom. The lowest BCUT2D eigenvalue weighted by Gasteiger charge is -2.22. The fourth-order valence-electron chi connectivity index (χ4n) is 2.44. The van der Waals surface area contributed by atoms with Crippen LogP contribution >= 0.6 is 0 Å². The number of hydrogen-bond acceptors (Lipinski definition) is 5. The lowest BCUT2D eigenvalue weighted by molar-refractivity contribution is -0.384. The number of urea groups is 1. The van der Waals surface area contributed by atoms with Crippen LogP contribution in [0.2, 0.25) is 0 Å². The number of nitrogens with zero attached hydrogens (tertiary/aromatic N) is 1. The van der Waals surface area contributed by atoms with E-state index in [0.29, 0.717) is 12.0 Å². The fourth-order valence-corrected chi connectivity index (χ4v) is 2.44. The van der Waals surface area contributed by atoms with E-state index >= 15 is 0 Å². The molecule has 0 bridgehead atoms. The van der Waals surface area contributed by atoms with Crippen molar-refractivity contribution in [3.8, 4) is 0 Å². The highest BCUT2D eigenvalue weighted by atomic mass is 19.1. The van der Waals surface area contributed by atoms with Crippen molar-refractivity contribution in [2.24, 2.45) is 0 Å². The van der Waals surface area contributed by atoms with Crippen LogP contribution in [0, 0.1) is 15.9 Å². The number of nitro groups is 1. The molecule has 0 radical (unpaired) electrons. The van der Waals surface area contributed by atoms with Crippen LogP contribution in [0.25, 0.3) is 0 Å². The number of aliphatic hydroxyl groups is 2. The summed E-state index contributed by atoms with van der Waals surface area (Å²) in [6.45, 7) is -0.243. The van der Waals surface area contributed by atoms with Crippen LogP contribution in [0.15, 0.2) is 48.5 Å². The molecule has 0 aromatic heterocycles. The topological polar surface area (TPSA) is 125 Å². The van der Waals surface area contributed by atoms with Gasteiger partial charge in [-0.2, -0.15) is 0 Å². The van der Waals surface area contributed by atoms with Crippen LogP contribution in [0.3, 0.4) is 0 Å². The van der Waals surface area contributed by atoms with Crippen LogP contribution in [0.4, 0.5) is 14.9 Å². The molecule has 0 saturated heterocycles. The molecular weight excluding hydrogens is 357 g/mol. The minimum absolute atomic E-state index is 0.127. The average molecular weight is 377 g/mol. The summed E-state index contributed by atoms with van der Waals surface area (Å²) in [6, 6.07) is 9.50. The molecule has 4 N–H and O–H groups in total. The van der Waals surface area contributed by atoms with E-state index in [-0.39, 0.29) is 18.0 Å². The van der Waals surface area contributed by atoms with Gasteiger partial charge >= 0.3 is 6.03 Å². The van der Waals surface area contributed by atoms with Gasteiger partial charge in [0.05, 0.1) is 17.6 Å². The zero-order valence-corrected chi connectivity index (χ0v) is 14.3. The third kappa shape index (κ3) is 6.01. The first kappa shape index (κ1) is 20.3. The van der Waals surface area contributed by atoms with Crippen LogP contribution in [0.5, 0.6) is 0 Å². The number of aliphatic hydroxyl groups excluding tert-OH is 2. The first-order valence-electron chi connectivity index (χ1n) is 8.23. The van der Waals surface area contributed by atoms with Gasteiger partial charge in [0.1, 0.15) is 11.9 Å². The Bertz CT molecular complexity index is 768. The van der Waals surface area contributed by atoms with Crippen molar-refractivity contribution < 1.29 is 24.3 Å². The summed E-state index contributed by atoms with van der Waals surface area (Å²) in [5.74, 6) is -0.338. The molecule has 0 aliphatic rings. The van der Waals surface area contributed by atoms with Crippen molar-refractivity contribution in [2.75, 3.05) is 13.2 Å². The summed E-state index contributed by atoms with van der Waals surface area (Å²) < 4.78 is 12.8. The van der Waals surface area contributed by atoms with E-state index in [9.17, 15) is 29.5 Å². The maximum Gasteiger partial charge on any atom is 0.315 e. The minimum atomic E-state index is -1.24. The highest BCUT2D eigenvalue weighted by Crippen LogP contribution is 2.20. The molecule has 2 rings (SSSR count). The van der Waals surface area contributed by atoms with Gasteiger partial charge < -0.3 is 20.8 Å². The zero-order chi connectivity index (χ0) is 19.8. The molecule has 8 nitrogen and oxygen atoms in total. The number of carbonyl (C=O) groups excluding carboxylic acids is 1. The lowest BCUT2D eigenvalue weighted by atomic mass is 10.0. The van der Waals surface area contributed by atoms with Crippen LogP contribution in [-0.4, -0.2) is 40.4 Å². The van der Waals surface area contributed by atoms with Gasteiger partial charge in [0.25, 0.3) is 5.69 Å². The first-order valence-corrected chi connectivity index (χ1v) is 8.23. The Kier molecular flexibility index (Phi) is 7.21. The van der Waals surface area contributed by atoms with E-state index in [0.717, 1.165) is 5.56 Å². The number of benzene rings is 2. The van der Waals surface area contributed by atoms with Gasteiger partial charge in [0.2, 0.25) is 0 Å². The summed E-state index contributed by atoms with van der Waals surface area (Å²) in [4.78, 5) is 22.0. The molecule has 27 heavy (non-hydrogen) atoms. The van der Waals surface area contributed by atoms with Gasteiger partial charge in [-0.05, 0) is 41.8 Å².